The number of fused-ring (bicyclic) bond motifs is 3. The van der Waals surface area contributed by atoms with Gasteiger partial charge in [-0.2, -0.15) is 0 Å². The predicted molar refractivity (Wildman–Crippen MR) is 192 cm³/mol. The second-order valence-electron chi connectivity index (χ2n) is 11.2. The van der Waals surface area contributed by atoms with E-state index in [0.717, 1.165) is 23.1 Å². The molecular weight excluding hydrogens is 530 g/mol. The summed E-state index contributed by atoms with van der Waals surface area (Å²) in [6.45, 7) is 6.10. The predicted octanol–water partition coefficient (Wildman–Crippen LogP) is 11.9. The molecule has 7 rings (SSSR count). The fourth-order valence-electron chi connectivity index (χ4n) is 6.47. The molecule has 0 unspecified atom stereocenters. The van der Waals surface area contributed by atoms with Gasteiger partial charge in [-0.3, -0.25) is 0 Å². The Morgan fingerprint density at radius 2 is 1.07 bits per heavy atom. The molecule has 0 saturated carbocycles. The van der Waals surface area contributed by atoms with E-state index in [-0.39, 0.29) is 0 Å². The van der Waals surface area contributed by atoms with Crippen LogP contribution < -0.4 is 0 Å². The third-order valence-electron chi connectivity index (χ3n) is 8.75. The molecule has 0 aromatic heterocycles. The van der Waals surface area contributed by atoms with Gasteiger partial charge in [0, 0.05) is 6.21 Å². The second kappa shape index (κ2) is 11.6. The van der Waals surface area contributed by atoms with E-state index in [9.17, 15) is 0 Å². The van der Waals surface area contributed by atoms with Crippen molar-refractivity contribution in [3.8, 4) is 33.4 Å². The average Bonchev–Trinajstić information content (AvgIpc) is 3.09. The van der Waals surface area contributed by atoms with Crippen molar-refractivity contribution in [2.75, 3.05) is 0 Å². The largest absolute Gasteiger partial charge is 0.309 e. The number of hydrogen-bond acceptors (Lipinski definition) is 1. The fourth-order valence-corrected chi connectivity index (χ4v) is 6.47. The Hall–Kier alpha value is -5.53. The topological polar surface area (TPSA) is 23.9 Å². The number of aryl methyl sites for hydroxylation is 1. The van der Waals surface area contributed by atoms with Crippen LogP contribution in [0.4, 0.5) is 0 Å². The number of nitrogens with one attached hydrogen (secondary N) is 1. The summed E-state index contributed by atoms with van der Waals surface area (Å²) < 4.78 is 0. The Kier molecular flexibility index (Phi) is 7.22. The van der Waals surface area contributed by atoms with Gasteiger partial charge in [0.1, 0.15) is 0 Å². The van der Waals surface area contributed by atoms with E-state index in [1.807, 2.05) is 0 Å². The van der Waals surface area contributed by atoms with Crippen molar-refractivity contribution in [2.45, 2.75) is 13.3 Å². The van der Waals surface area contributed by atoms with Gasteiger partial charge in [-0.25, -0.2) is 0 Å². The van der Waals surface area contributed by atoms with Gasteiger partial charge in [-0.1, -0.05) is 141 Å². The first kappa shape index (κ1) is 27.3. The maximum absolute atomic E-state index is 7.42. The van der Waals surface area contributed by atoms with E-state index in [1.165, 1.54) is 71.9 Å². The summed E-state index contributed by atoms with van der Waals surface area (Å²) in [4.78, 5) is 0. The Bertz CT molecular complexity index is 2160. The molecule has 0 spiro atoms. The summed E-state index contributed by atoms with van der Waals surface area (Å²) in [5, 5.41) is 14.9. The number of allylic oxidation sites excluding steroid dienone is 3. The van der Waals surface area contributed by atoms with E-state index in [2.05, 4.69) is 147 Å². The van der Waals surface area contributed by atoms with Crippen LogP contribution in [-0.2, 0) is 6.42 Å². The molecule has 1 N–H and O–H groups in total. The highest BCUT2D eigenvalue weighted by molar-refractivity contribution is 6.21. The van der Waals surface area contributed by atoms with E-state index < -0.39 is 0 Å². The third-order valence-corrected chi connectivity index (χ3v) is 8.75. The van der Waals surface area contributed by atoms with Crippen LogP contribution in [-0.4, -0.2) is 6.21 Å². The van der Waals surface area contributed by atoms with Gasteiger partial charge >= 0.3 is 0 Å². The molecule has 0 saturated heterocycles. The van der Waals surface area contributed by atoms with Crippen LogP contribution in [0.15, 0.2) is 152 Å². The normalized spacial score (nSPS) is 11.7. The SMILES string of the molecule is C=C/C(=C\C=N)c1ccc(-c2ccc3ccc(-c4c5ccccc5c(-c5ccc(CC)cc5)c5ccccc45)cc3c2)cc1. The lowest BCUT2D eigenvalue weighted by Gasteiger charge is -2.18. The number of hydrogen-bond donors (Lipinski definition) is 1. The van der Waals surface area contributed by atoms with Crippen LogP contribution in [0.1, 0.15) is 18.1 Å². The molecule has 0 aliphatic rings. The van der Waals surface area contributed by atoms with Crippen molar-refractivity contribution < 1.29 is 0 Å². The first-order chi connectivity index (χ1) is 21.7. The minimum Gasteiger partial charge on any atom is -0.309 e. The maximum atomic E-state index is 7.42. The lowest BCUT2D eigenvalue weighted by atomic mass is 9.85. The Balaban J connectivity index is 1.39. The van der Waals surface area contributed by atoms with Crippen molar-refractivity contribution in [1.29, 1.82) is 5.41 Å². The van der Waals surface area contributed by atoms with Crippen LogP contribution in [0.2, 0.25) is 0 Å². The Labute approximate surface area is 259 Å². The quantitative estimate of drug-likeness (QED) is 0.113. The molecule has 0 aliphatic carbocycles. The summed E-state index contributed by atoms with van der Waals surface area (Å²) in [6, 6.07) is 48.8. The average molecular weight is 564 g/mol. The molecule has 0 atom stereocenters. The molecule has 0 fully saturated rings. The van der Waals surface area contributed by atoms with Gasteiger partial charge in [0.25, 0.3) is 0 Å². The molecule has 0 heterocycles. The van der Waals surface area contributed by atoms with Gasteiger partial charge in [0.05, 0.1) is 0 Å². The van der Waals surface area contributed by atoms with Crippen LogP contribution in [0.25, 0.3) is 71.3 Å². The molecule has 1 heteroatoms. The molecule has 0 radical (unpaired) electrons. The first-order valence-corrected chi connectivity index (χ1v) is 15.2. The standard InChI is InChI=1S/C43H33N/c1-3-29-13-15-34(16-14-29)42-38-9-5-7-11-40(38)43(41-12-8-6-10-39(41)42)36-24-22-33-21-23-35(27-37(33)28-36)32-19-17-31(18-20-32)30(4-2)25-26-44/h4-28,44H,2-3H2,1H3/b30-25+,44-26?. The smallest absolute Gasteiger partial charge is 0.0183 e. The molecule has 1 nitrogen and oxygen atoms in total. The summed E-state index contributed by atoms with van der Waals surface area (Å²) in [6.07, 6.45) is 5.89. The zero-order valence-corrected chi connectivity index (χ0v) is 24.8. The van der Waals surface area contributed by atoms with Crippen LogP contribution in [0.5, 0.6) is 0 Å². The zero-order valence-electron chi connectivity index (χ0n) is 24.8. The van der Waals surface area contributed by atoms with E-state index >= 15 is 0 Å². The molecule has 44 heavy (non-hydrogen) atoms. The van der Waals surface area contributed by atoms with E-state index in [0.29, 0.717) is 0 Å². The monoisotopic (exact) mass is 563 g/mol. The molecule has 7 aromatic carbocycles. The highest BCUT2D eigenvalue weighted by Gasteiger charge is 2.16. The van der Waals surface area contributed by atoms with Gasteiger partial charge in [0.2, 0.25) is 0 Å². The summed E-state index contributed by atoms with van der Waals surface area (Å²) in [5.74, 6) is 0. The lowest BCUT2D eigenvalue weighted by molar-refractivity contribution is 1.14. The molecular formula is C43H33N. The van der Waals surface area contributed by atoms with Crippen molar-refractivity contribution in [2.24, 2.45) is 0 Å². The maximum Gasteiger partial charge on any atom is 0.0183 e. The van der Waals surface area contributed by atoms with Gasteiger partial charge in [0.15, 0.2) is 0 Å². The molecule has 0 amide bonds. The van der Waals surface area contributed by atoms with Crippen LogP contribution >= 0.6 is 0 Å². The highest BCUT2D eigenvalue weighted by atomic mass is 14.3. The summed E-state index contributed by atoms with van der Waals surface area (Å²) in [7, 11) is 0. The lowest BCUT2D eigenvalue weighted by Crippen LogP contribution is -1.91. The fraction of sp³-hybridized carbons (Fsp3) is 0.0465. The second-order valence-corrected chi connectivity index (χ2v) is 11.2. The first-order valence-electron chi connectivity index (χ1n) is 15.2. The van der Waals surface area contributed by atoms with E-state index in [4.69, 9.17) is 5.41 Å². The van der Waals surface area contributed by atoms with Crippen LogP contribution in [0, 0.1) is 5.41 Å². The third kappa shape index (κ3) is 4.83. The number of benzene rings is 7. The van der Waals surface area contributed by atoms with Crippen molar-refractivity contribution in [1.82, 2.24) is 0 Å². The van der Waals surface area contributed by atoms with E-state index in [1.54, 1.807) is 12.2 Å². The Morgan fingerprint density at radius 1 is 0.568 bits per heavy atom. The Morgan fingerprint density at radius 3 is 1.61 bits per heavy atom. The zero-order chi connectivity index (χ0) is 30.0. The van der Waals surface area contributed by atoms with Crippen molar-refractivity contribution >= 4 is 44.1 Å². The minimum absolute atomic E-state index is 0.943. The highest BCUT2D eigenvalue weighted by Crippen LogP contribution is 2.44. The van der Waals surface area contributed by atoms with Gasteiger partial charge in [-0.05, 0) is 107 Å². The molecule has 0 bridgehead atoms. The summed E-state index contributed by atoms with van der Waals surface area (Å²) >= 11 is 0. The minimum atomic E-state index is 0.943. The van der Waals surface area contributed by atoms with Crippen molar-refractivity contribution in [3.05, 3.63) is 163 Å². The molecule has 210 valence electrons. The van der Waals surface area contributed by atoms with Gasteiger partial charge in [-0.15, -0.1) is 0 Å². The molecule has 0 aliphatic heterocycles. The summed E-state index contributed by atoms with van der Waals surface area (Å²) in [5.41, 5.74) is 10.7. The molecule has 7 aromatic rings. The van der Waals surface area contributed by atoms with Crippen molar-refractivity contribution in [3.63, 3.8) is 0 Å². The number of rotatable bonds is 7. The van der Waals surface area contributed by atoms with Gasteiger partial charge < -0.3 is 5.41 Å². The van der Waals surface area contributed by atoms with Crippen LogP contribution in [0.3, 0.4) is 0 Å².